The minimum Gasteiger partial charge on any atom is -0.351 e. The first-order valence-corrected chi connectivity index (χ1v) is 8.03. The smallest absolute Gasteiger partial charge is 0.266 e. The largest absolute Gasteiger partial charge is 0.351 e. The quantitative estimate of drug-likeness (QED) is 0.666. The van der Waals surface area contributed by atoms with Crippen molar-refractivity contribution in [1.82, 2.24) is 29.9 Å². The fraction of sp³-hybridized carbons (Fsp3) is 0.133. The van der Waals surface area contributed by atoms with Crippen LogP contribution in [0.4, 0.5) is 0 Å². The first kappa shape index (κ1) is 15.8. The number of nitrogens with zero attached hydrogens (tertiary/aromatic N) is 5. The molecule has 0 aliphatic rings. The van der Waals surface area contributed by atoms with Gasteiger partial charge in [-0.25, -0.2) is 14.3 Å². The maximum absolute atomic E-state index is 11.8. The molecule has 0 unspecified atom stereocenters. The number of thiophene rings is 1. The fourth-order valence-corrected chi connectivity index (χ4v) is 2.55. The SMILES string of the molecule is O=C(C=Cc1cccs1)NCCn1nc(-n2cncn2)ccc1=O. The third-order valence-corrected chi connectivity index (χ3v) is 3.91. The average molecular weight is 342 g/mol. The Morgan fingerprint density at radius 1 is 1.33 bits per heavy atom. The maximum Gasteiger partial charge on any atom is 0.266 e. The molecule has 0 fully saturated rings. The summed E-state index contributed by atoms with van der Waals surface area (Å²) in [7, 11) is 0. The zero-order chi connectivity index (χ0) is 16.8. The Morgan fingerprint density at radius 3 is 3.00 bits per heavy atom. The highest BCUT2D eigenvalue weighted by Gasteiger charge is 2.04. The van der Waals surface area contributed by atoms with Gasteiger partial charge >= 0.3 is 0 Å². The summed E-state index contributed by atoms with van der Waals surface area (Å²) in [6, 6.07) is 6.81. The molecule has 3 aromatic heterocycles. The van der Waals surface area contributed by atoms with Gasteiger partial charge in [0.25, 0.3) is 5.56 Å². The van der Waals surface area contributed by atoms with Crippen LogP contribution >= 0.6 is 11.3 Å². The van der Waals surface area contributed by atoms with E-state index < -0.39 is 0 Å². The van der Waals surface area contributed by atoms with E-state index in [0.717, 1.165) is 4.88 Å². The predicted molar refractivity (Wildman–Crippen MR) is 89.8 cm³/mol. The molecule has 3 aromatic rings. The molecule has 24 heavy (non-hydrogen) atoms. The van der Waals surface area contributed by atoms with E-state index in [1.54, 1.807) is 23.5 Å². The lowest BCUT2D eigenvalue weighted by Gasteiger charge is -2.07. The molecule has 9 heteroatoms. The van der Waals surface area contributed by atoms with E-state index in [1.807, 2.05) is 17.5 Å². The molecule has 1 amide bonds. The molecule has 0 radical (unpaired) electrons. The second-order valence-electron chi connectivity index (χ2n) is 4.73. The van der Waals surface area contributed by atoms with Crippen LogP contribution in [-0.4, -0.2) is 37.0 Å². The minimum absolute atomic E-state index is 0.219. The van der Waals surface area contributed by atoms with Gasteiger partial charge < -0.3 is 5.32 Å². The summed E-state index contributed by atoms with van der Waals surface area (Å²) >= 11 is 1.55. The van der Waals surface area contributed by atoms with Crippen molar-refractivity contribution in [2.75, 3.05) is 6.54 Å². The van der Waals surface area contributed by atoms with Crippen molar-refractivity contribution in [1.29, 1.82) is 0 Å². The zero-order valence-electron chi connectivity index (χ0n) is 12.6. The number of carbonyl (C=O) groups excluding carboxylic acids is 1. The van der Waals surface area contributed by atoms with Gasteiger partial charge in [0.2, 0.25) is 5.91 Å². The van der Waals surface area contributed by atoms with Gasteiger partial charge in [-0.3, -0.25) is 9.59 Å². The Balaban J connectivity index is 1.57. The summed E-state index contributed by atoms with van der Waals surface area (Å²) in [6.07, 6.45) is 6.09. The third-order valence-electron chi connectivity index (χ3n) is 3.07. The van der Waals surface area contributed by atoms with Gasteiger partial charge in [-0.05, 0) is 23.6 Å². The summed E-state index contributed by atoms with van der Waals surface area (Å²) in [5.41, 5.74) is -0.248. The summed E-state index contributed by atoms with van der Waals surface area (Å²) in [5, 5.41) is 12.8. The van der Waals surface area contributed by atoms with E-state index in [0.29, 0.717) is 12.4 Å². The number of hydrogen-bond donors (Lipinski definition) is 1. The van der Waals surface area contributed by atoms with Gasteiger partial charge in [-0.15, -0.1) is 16.4 Å². The third kappa shape index (κ3) is 4.02. The lowest BCUT2D eigenvalue weighted by atomic mass is 10.4. The van der Waals surface area contributed by atoms with Crippen LogP contribution in [0.3, 0.4) is 0 Å². The van der Waals surface area contributed by atoms with E-state index in [2.05, 4.69) is 20.5 Å². The molecule has 0 aromatic carbocycles. The molecular weight excluding hydrogens is 328 g/mol. The molecule has 0 atom stereocenters. The van der Waals surface area contributed by atoms with Crippen LogP contribution in [0.15, 0.2) is 53.2 Å². The molecule has 0 saturated carbocycles. The van der Waals surface area contributed by atoms with E-state index in [9.17, 15) is 9.59 Å². The summed E-state index contributed by atoms with van der Waals surface area (Å²) in [4.78, 5) is 28.4. The first-order chi connectivity index (χ1) is 11.7. The average Bonchev–Trinajstić information content (AvgIpc) is 3.28. The number of nitrogens with one attached hydrogen (secondary N) is 1. The molecule has 1 N–H and O–H groups in total. The second-order valence-corrected chi connectivity index (χ2v) is 5.71. The van der Waals surface area contributed by atoms with E-state index >= 15 is 0 Å². The van der Waals surface area contributed by atoms with E-state index in [4.69, 9.17) is 0 Å². The van der Waals surface area contributed by atoms with Gasteiger partial charge in [-0.1, -0.05) is 6.07 Å². The lowest BCUT2D eigenvalue weighted by molar-refractivity contribution is -0.116. The van der Waals surface area contributed by atoms with Gasteiger partial charge in [0.15, 0.2) is 5.82 Å². The fourth-order valence-electron chi connectivity index (χ4n) is 1.93. The molecule has 0 spiro atoms. The molecule has 0 saturated heterocycles. The van der Waals surface area contributed by atoms with Crippen LogP contribution in [-0.2, 0) is 11.3 Å². The molecule has 3 heterocycles. The topological polar surface area (TPSA) is 94.7 Å². The Bertz CT molecular complexity index is 883. The van der Waals surface area contributed by atoms with Gasteiger partial charge in [0, 0.05) is 23.6 Å². The summed E-state index contributed by atoms with van der Waals surface area (Å²) in [5.74, 6) is 0.264. The maximum atomic E-state index is 11.8. The highest BCUT2D eigenvalue weighted by molar-refractivity contribution is 7.10. The predicted octanol–water partition coefficient (Wildman–Crippen LogP) is 0.715. The number of amides is 1. The normalized spacial score (nSPS) is 11.0. The highest BCUT2D eigenvalue weighted by atomic mass is 32.1. The lowest BCUT2D eigenvalue weighted by Crippen LogP contribution is -2.31. The van der Waals surface area contributed by atoms with Gasteiger partial charge in [0.1, 0.15) is 12.7 Å². The Morgan fingerprint density at radius 2 is 2.25 bits per heavy atom. The first-order valence-electron chi connectivity index (χ1n) is 7.15. The molecule has 0 aliphatic heterocycles. The van der Waals surface area contributed by atoms with Crippen molar-refractivity contribution >= 4 is 23.3 Å². The van der Waals surface area contributed by atoms with Crippen LogP contribution in [0.1, 0.15) is 4.88 Å². The standard InChI is InChI=1S/C15H14N6O2S/c22-14(5-3-12-2-1-9-24-12)17-7-8-20-15(23)6-4-13(19-20)21-11-16-10-18-21/h1-6,9-11H,7-8H2,(H,17,22). The summed E-state index contributed by atoms with van der Waals surface area (Å²) in [6.45, 7) is 0.557. The highest BCUT2D eigenvalue weighted by Crippen LogP contribution is 2.09. The van der Waals surface area contributed by atoms with Crippen LogP contribution in [0.25, 0.3) is 11.9 Å². The molecule has 8 nitrogen and oxygen atoms in total. The molecule has 0 aliphatic carbocycles. The Labute approximate surface area is 141 Å². The Hall–Kier alpha value is -3.07. The van der Waals surface area contributed by atoms with Crippen molar-refractivity contribution in [3.8, 4) is 5.82 Å². The van der Waals surface area contributed by atoms with Crippen molar-refractivity contribution in [3.63, 3.8) is 0 Å². The van der Waals surface area contributed by atoms with Gasteiger partial charge in [0.05, 0.1) is 6.54 Å². The van der Waals surface area contributed by atoms with Crippen LogP contribution < -0.4 is 10.9 Å². The Kier molecular flexibility index (Phi) is 4.92. The molecule has 0 bridgehead atoms. The van der Waals surface area contributed by atoms with Crippen molar-refractivity contribution in [3.05, 3.63) is 63.6 Å². The van der Waals surface area contributed by atoms with Crippen LogP contribution in [0, 0.1) is 0 Å². The van der Waals surface area contributed by atoms with Crippen LogP contribution in [0.5, 0.6) is 0 Å². The second kappa shape index (κ2) is 7.47. The molecular formula is C15H14N6O2S. The van der Waals surface area contributed by atoms with Crippen LogP contribution in [0.2, 0.25) is 0 Å². The monoisotopic (exact) mass is 342 g/mol. The number of aromatic nitrogens is 5. The summed E-state index contributed by atoms with van der Waals surface area (Å²) < 4.78 is 2.73. The van der Waals surface area contributed by atoms with E-state index in [1.165, 1.54) is 34.2 Å². The van der Waals surface area contributed by atoms with E-state index in [-0.39, 0.29) is 18.0 Å². The number of hydrogen-bond acceptors (Lipinski definition) is 6. The number of rotatable bonds is 6. The molecule has 122 valence electrons. The molecule has 3 rings (SSSR count). The minimum atomic E-state index is -0.248. The van der Waals surface area contributed by atoms with Gasteiger partial charge in [-0.2, -0.15) is 5.10 Å². The van der Waals surface area contributed by atoms with Crippen molar-refractivity contribution in [2.45, 2.75) is 6.54 Å². The van der Waals surface area contributed by atoms with Crippen molar-refractivity contribution < 1.29 is 4.79 Å². The van der Waals surface area contributed by atoms with Crippen molar-refractivity contribution in [2.24, 2.45) is 0 Å². The number of carbonyl (C=O) groups is 1. The zero-order valence-corrected chi connectivity index (χ0v) is 13.4.